The van der Waals surface area contributed by atoms with Crippen LogP contribution in [-0.2, 0) is 33.7 Å². The van der Waals surface area contributed by atoms with Crippen molar-refractivity contribution in [3.63, 3.8) is 0 Å². The summed E-state index contributed by atoms with van der Waals surface area (Å²) < 4.78 is 29.3. The first-order chi connectivity index (χ1) is 27.8. The Balaban J connectivity index is 1.01. The van der Waals surface area contributed by atoms with Crippen molar-refractivity contribution >= 4 is 35.3 Å². The summed E-state index contributed by atoms with van der Waals surface area (Å²) in [7, 11) is 3.10. The van der Waals surface area contributed by atoms with Gasteiger partial charge in [0.15, 0.2) is 11.5 Å². The van der Waals surface area contributed by atoms with Crippen LogP contribution in [0.2, 0.25) is 10.0 Å². The van der Waals surface area contributed by atoms with Crippen LogP contribution in [-0.4, -0.2) is 61.9 Å². The number of hydrogen-bond acceptors (Lipinski definition) is 9. The van der Waals surface area contributed by atoms with E-state index in [9.17, 15) is 9.59 Å². The maximum atomic E-state index is 13.5. The molecule has 1 amide bonds. The standard InChI is InChI=1S/C45H45Cl2N3O7/c1-53-39-15-14-33(23-41(39)54-2)40(24-36-37(46)25-48-26-38(36)47)56-43(51)21-29-8-6-9-30(20-29)28-55-35-13-7-12-34(22-35)44(32-10-4-3-5-11-32)49-45(52)57-42-27-50-18-16-31(42)17-19-50/h3-15,20,22-23,25-26,31,40,42,44H,16-19,21,24,27-28H2,1-2H3,(H,49,52)/t40-,42-,44-/m0/s1. The minimum atomic E-state index is -0.732. The van der Waals surface area contributed by atoms with Crippen LogP contribution in [0.15, 0.2) is 109 Å². The molecule has 3 atom stereocenters. The number of carbonyl (C=O) groups excluding carboxylic acids is 2. The number of piperidine rings is 3. The highest BCUT2D eigenvalue weighted by atomic mass is 35.5. The highest BCUT2D eigenvalue weighted by Crippen LogP contribution is 2.36. The number of carbonyl (C=O) groups is 2. The normalized spacial score (nSPS) is 18.2. The molecule has 4 heterocycles. The quantitative estimate of drug-likeness (QED) is 0.104. The summed E-state index contributed by atoms with van der Waals surface area (Å²) in [6.45, 7) is 3.19. The molecule has 0 unspecified atom stereocenters. The largest absolute Gasteiger partial charge is 0.493 e. The molecule has 1 aromatic heterocycles. The number of rotatable bonds is 15. The molecule has 12 heteroatoms. The zero-order chi connectivity index (χ0) is 39.7. The summed E-state index contributed by atoms with van der Waals surface area (Å²) in [4.78, 5) is 33.3. The highest BCUT2D eigenvalue weighted by Gasteiger charge is 2.37. The number of nitrogens with zero attached hydrogens (tertiary/aromatic N) is 2. The second-order valence-corrected chi connectivity index (χ2v) is 15.1. The van der Waals surface area contributed by atoms with E-state index >= 15 is 0 Å². The monoisotopic (exact) mass is 809 g/mol. The van der Waals surface area contributed by atoms with Crippen LogP contribution in [0.4, 0.5) is 4.79 Å². The van der Waals surface area contributed by atoms with E-state index in [0.29, 0.717) is 44.3 Å². The lowest BCUT2D eigenvalue weighted by Gasteiger charge is -2.43. The van der Waals surface area contributed by atoms with Crippen LogP contribution in [0.3, 0.4) is 0 Å². The summed E-state index contributed by atoms with van der Waals surface area (Å²) in [6.07, 6.45) is 4.12. The maximum Gasteiger partial charge on any atom is 0.408 e. The number of aromatic nitrogens is 1. The van der Waals surface area contributed by atoms with E-state index in [2.05, 4.69) is 15.2 Å². The van der Waals surface area contributed by atoms with E-state index < -0.39 is 24.2 Å². The molecule has 3 fully saturated rings. The number of pyridine rings is 1. The number of benzene rings is 4. The average molecular weight is 811 g/mol. The van der Waals surface area contributed by atoms with Gasteiger partial charge in [-0.15, -0.1) is 0 Å². The minimum Gasteiger partial charge on any atom is -0.493 e. The number of nitrogens with one attached hydrogen (secondary N) is 1. The summed E-state index contributed by atoms with van der Waals surface area (Å²) in [5, 5.41) is 3.87. The fourth-order valence-electron chi connectivity index (χ4n) is 7.58. The Hall–Kier alpha value is -5.29. The third kappa shape index (κ3) is 10.2. The maximum absolute atomic E-state index is 13.5. The van der Waals surface area contributed by atoms with Crippen molar-refractivity contribution in [1.82, 2.24) is 15.2 Å². The van der Waals surface area contributed by atoms with Gasteiger partial charge in [-0.1, -0.05) is 96.0 Å². The minimum absolute atomic E-state index is 0.0189. The first-order valence-corrected chi connectivity index (χ1v) is 19.8. The molecule has 8 rings (SSSR count). The topological polar surface area (TPSA) is 108 Å². The Labute approximate surface area is 343 Å². The van der Waals surface area contributed by atoms with Crippen molar-refractivity contribution in [2.75, 3.05) is 33.9 Å². The molecule has 296 valence electrons. The second-order valence-electron chi connectivity index (χ2n) is 14.3. The second kappa shape index (κ2) is 18.8. The average Bonchev–Trinajstić information content (AvgIpc) is 3.23. The van der Waals surface area contributed by atoms with Gasteiger partial charge < -0.3 is 29.0 Å². The fourth-order valence-corrected chi connectivity index (χ4v) is 8.10. The van der Waals surface area contributed by atoms with Gasteiger partial charge in [0.25, 0.3) is 0 Å². The lowest BCUT2D eigenvalue weighted by molar-refractivity contribution is -0.148. The number of esters is 1. The number of fused-ring (bicyclic) bond motifs is 3. The zero-order valence-electron chi connectivity index (χ0n) is 31.9. The van der Waals surface area contributed by atoms with Gasteiger partial charge in [0.2, 0.25) is 0 Å². The summed E-state index contributed by atoms with van der Waals surface area (Å²) in [5.74, 6) is 1.65. The predicted octanol–water partition coefficient (Wildman–Crippen LogP) is 8.96. The van der Waals surface area contributed by atoms with Crippen LogP contribution in [0, 0.1) is 5.92 Å². The van der Waals surface area contributed by atoms with Crippen molar-refractivity contribution in [3.8, 4) is 17.2 Å². The Morgan fingerprint density at radius 3 is 2.25 bits per heavy atom. The third-order valence-corrected chi connectivity index (χ3v) is 11.2. The molecular weight excluding hydrogens is 765 g/mol. The van der Waals surface area contributed by atoms with Gasteiger partial charge in [-0.25, -0.2) is 4.79 Å². The van der Waals surface area contributed by atoms with E-state index in [1.807, 2.05) is 84.9 Å². The summed E-state index contributed by atoms with van der Waals surface area (Å²) in [6, 6.07) is 30.1. The van der Waals surface area contributed by atoms with Crippen LogP contribution < -0.4 is 19.5 Å². The van der Waals surface area contributed by atoms with Gasteiger partial charge in [0.05, 0.1) is 36.7 Å². The number of alkyl carbamates (subject to hydrolysis) is 1. The zero-order valence-corrected chi connectivity index (χ0v) is 33.4. The van der Waals surface area contributed by atoms with Gasteiger partial charge in [-0.2, -0.15) is 0 Å². The smallest absolute Gasteiger partial charge is 0.408 e. The van der Waals surface area contributed by atoms with Crippen molar-refractivity contribution < 1.29 is 33.3 Å². The van der Waals surface area contributed by atoms with Gasteiger partial charge in [0, 0.05) is 25.4 Å². The van der Waals surface area contributed by atoms with Gasteiger partial charge >= 0.3 is 12.1 Å². The predicted molar refractivity (Wildman–Crippen MR) is 218 cm³/mol. The molecule has 3 aliphatic rings. The SMILES string of the molecule is COc1ccc([C@H](Cc2c(Cl)cncc2Cl)OC(=O)Cc2cccc(COc3cccc([C@@H](NC(=O)O[C@H]4CN5CCC4CC5)c4ccccc4)c3)c2)cc1OC. The molecule has 57 heavy (non-hydrogen) atoms. The molecule has 0 aliphatic carbocycles. The number of ether oxygens (including phenoxy) is 5. The third-order valence-electron chi connectivity index (χ3n) is 10.6. The molecule has 4 aromatic carbocycles. The molecule has 10 nitrogen and oxygen atoms in total. The summed E-state index contributed by atoms with van der Waals surface area (Å²) in [5.41, 5.74) is 4.72. The molecule has 2 bridgehead atoms. The van der Waals surface area contributed by atoms with Crippen molar-refractivity contribution in [2.45, 2.75) is 50.5 Å². The van der Waals surface area contributed by atoms with Crippen LogP contribution in [0.25, 0.3) is 0 Å². The van der Waals surface area contributed by atoms with E-state index in [4.69, 9.17) is 46.9 Å². The number of halogens is 2. The van der Waals surface area contributed by atoms with Crippen LogP contribution >= 0.6 is 23.2 Å². The molecule has 3 aliphatic heterocycles. The molecule has 3 saturated heterocycles. The van der Waals surface area contributed by atoms with Gasteiger partial charge in [0.1, 0.15) is 24.6 Å². The van der Waals surface area contributed by atoms with Gasteiger partial charge in [-0.3, -0.25) is 14.7 Å². The number of amides is 1. The summed E-state index contributed by atoms with van der Waals surface area (Å²) >= 11 is 12.9. The number of methoxy groups -OCH3 is 2. The molecule has 0 spiro atoms. The van der Waals surface area contributed by atoms with Crippen molar-refractivity contribution in [3.05, 3.63) is 153 Å². The van der Waals surface area contributed by atoms with Crippen molar-refractivity contribution in [1.29, 1.82) is 0 Å². The highest BCUT2D eigenvalue weighted by molar-refractivity contribution is 6.35. The molecule has 1 N–H and O–H groups in total. The first kappa shape index (κ1) is 39.9. The Kier molecular flexibility index (Phi) is 13.1. The van der Waals surface area contributed by atoms with E-state index in [-0.39, 0.29) is 25.6 Å². The molecule has 0 radical (unpaired) electrons. The van der Waals surface area contributed by atoms with Gasteiger partial charge in [-0.05, 0) is 89.5 Å². The molecular formula is C45H45Cl2N3O7. The lowest BCUT2D eigenvalue weighted by Crippen LogP contribution is -2.52. The Morgan fingerprint density at radius 1 is 0.807 bits per heavy atom. The molecule has 5 aromatic rings. The van der Waals surface area contributed by atoms with Crippen molar-refractivity contribution in [2.24, 2.45) is 5.92 Å². The number of hydrogen-bond donors (Lipinski definition) is 1. The first-order valence-electron chi connectivity index (χ1n) is 19.0. The lowest BCUT2D eigenvalue weighted by atomic mass is 9.86. The van der Waals surface area contributed by atoms with E-state index in [1.165, 1.54) is 12.4 Å². The Morgan fingerprint density at radius 2 is 1.53 bits per heavy atom. The van der Waals surface area contributed by atoms with E-state index in [0.717, 1.165) is 54.7 Å². The van der Waals surface area contributed by atoms with E-state index in [1.54, 1.807) is 26.4 Å². The molecule has 0 saturated carbocycles. The Bertz CT molecular complexity index is 2140. The van der Waals surface area contributed by atoms with Crippen LogP contribution in [0.5, 0.6) is 17.2 Å². The van der Waals surface area contributed by atoms with Crippen LogP contribution in [0.1, 0.15) is 58.4 Å². The fraction of sp³-hybridized carbons (Fsp3) is 0.311.